The van der Waals surface area contributed by atoms with Crippen LogP contribution in [0.15, 0.2) is 6.07 Å². The summed E-state index contributed by atoms with van der Waals surface area (Å²) in [6.45, 7) is 0.185. The van der Waals surface area contributed by atoms with Gasteiger partial charge in [0, 0.05) is 18.5 Å². The Balaban J connectivity index is 2.36. The number of alkyl halides is 1. The number of benzene rings is 1. The van der Waals surface area contributed by atoms with Gasteiger partial charge in [0.15, 0.2) is 17.4 Å². The number of carbonyl (C=O) groups is 1. The van der Waals surface area contributed by atoms with E-state index in [1.165, 1.54) is 4.90 Å². The topological polar surface area (TPSA) is 40.5 Å². The molecule has 3 nitrogen and oxygen atoms in total. The molecule has 0 unspecified atom stereocenters. The maximum Gasteiger partial charge on any atom is 0.257 e. The van der Waals surface area contributed by atoms with E-state index in [-0.39, 0.29) is 18.5 Å². The number of carbonyl (C=O) groups excluding carboxylic acids is 1. The third-order valence-electron chi connectivity index (χ3n) is 3.47. The fourth-order valence-electron chi connectivity index (χ4n) is 2.14. The fraction of sp³-hybridized carbons (Fsp3) is 0.462. The first-order chi connectivity index (χ1) is 9.47. The predicted molar refractivity (Wildman–Crippen MR) is 67.4 cm³/mol. The van der Waals surface area contributed by atoms with Crippen LogP contribution in [0.2, 0.25) is 0 Å². The Kier molecular flexibility index (Phi) is 4.42. The van der Waals surface area contributed by atoms with Crippen LogP contribution in [0.25, 0.3) is 0 Å². The van der Waals surface area contributed by atoms with Crippen molar-refractivity contribution in [2.45, 2.75) is 25.3 Å². The lowest BCUT2D eigenvalue weighted by molar-refractivity contribution is 0.0591. The zero-order valence-corrected chi connectivity index (χ0v) is 11.3. The second-order valence-corrected chi connectivity index (χ2v) is 5.03. The van der Waals surface area contributed by atoms with E-state index in [0.717, 1.165) is 19.3 Å². The molecule has 20 heavy (non-hydrogen) atoms. The molecule has 110 valence electrons. The van der Waals surface area contributed by atoms with Crippen molar-refractivity contribution in [1.29, 1.82) is 0 Å². The highest BCUT2D eigenvalue weighted by molar-refractivity contribution is 6.18. The summed E-state index contributed by atoms with van der Waals surface area (Å²) in [5.41, 5.74) is -0.682. The Labute approximate surface area is 118 Å². The number of amides is 1. The molecule has 0 radical (unpaired) electrons. The summed E-state index contributed by atoms with van der Waals surface area (Å²) in [6.07, 6.45) is 2.47. The number of phenols is 1. The number of phenolic OH excluding ortho intramolecular Hbond substituents is 1. The standard InChI is InChI=1S/C13H13ClF3NO2/c14-4-5-18(7-2-1-3-7)13(20)8-6-9(15)11(17)12(19)10(8)16/h6-7,19H,1-5H2. The quantitative estimate of drug-likeness (QED) is 0.686. The first-order valence-electron chi connectivity index (χ1n) is 6.20. The van der Waals surface area contributed by atoms with Crippen LogP contribution in [0, 0.1) is 17.5 Å². The lowest BCUT2D eigenvalue weighted by Crippen LogP contribution is -2.45. The molecular formula is C13H13ClF3NO2. The smallest absolute Gasteiger partial charge is 0.257 e. The molecule has 1 aromatic rings. The van der Waals surface area contributed by atoms with Gasteiger partial charge in [-0.15, -0.1) is 11.6 Å². The van der Waals surface area contributed by atoms with Gasteiger partial charge in [0.25, 0.3) is 5.91 Å². The molecule has 1 aliphatic carbocycles. The van der Waals surface area contributed by atoms with E-state index in [4.69, 9.17) is 16.7 Å². The molecule has 1 aliphatic rings. The Morgan fingerprint density at radius 1 is 1.35 bits per heavy atom. The predicted octanol–water partition coefficient (Wildman–Crippen LogP) is 3.04. The second kappa shape index (κ2) is 5.91. The van der Waals surface area contributed by atoms with Crippen molar-refractivity contribution < 1.29 is 23.1 Å². The van der Waals surface area contributed by atoms with Crippen molar-refractivity contribution >= 4 is 17.5 Å². The maximum absolute atomic E-state index is 13.7. The summed E-state index contributed by atoms with van der Waals surface area (Å²) in [5.74, 6) is -6.74. The Hall–Kier alpha value is -1.43. The zero-order chi connectivity index (χ0) is 14.9. The van der Waals surface area contributed by atoms with Crippen molar-refractivity contribution in [3.63, 3.8) is 0 Å². The molecule has 7 heteroatoms. The third kappa shape index (κ3) is 2.57. The number of hydrogen-bond acceptors (Lipinski definition) is 2. The molecule has 1 amide bonds. The summed E-state index contributed by atoms with van der Waals surface area (Å²) in [6, 6.07) is 0.392. The van der Waals surface area contributed by atoms with Crippen LogP contribution >= 0.6 is 11.6 Å². The van der Waals surface area contributed by atoms with E-state index in [1.54, 1.807) is 0 Å². The fourth-order valence-corrected chi connectivity index (χ4v) is 2.32. The molecule has 0 saturated heterocycles. The Bertz CT molecular complexity index is 535. The van der Waals surface area contributed by atoms with Crippen molar-refractivity contribution in [3.05, 3.63) is 29.1 Å². The third-order valence-corrected chi connectivity index (χ3v) is 3.63. The number of halogens is 4. The van der Waals surface area contributed by atoms with E-state index in [9.17, 15) is 18.0 Å². The molecule has 1 N–H and O–H groups in total. The lowest BCUT2D eigenvalue weighted by atomic mass is 9.91. The second-order valence-electron chi connectivity index (χ2n) is 4.65. The molecule has 1 fully saturated rings. The van der Waals surface area contributed by atoms with E-state index in [1.807, 2.05) is 0 Å². The van der Waals surface area contributed by atoms with Gasteiger partial charge in [-0.05, 0) is 25.3 Å². The highest BCUT2D eigenvalue weighted by atomic mass is 35.5. The Morgan fingerprint density at radius 3 is 2.50 bits per heavy atom. The molecule has 0 aromatic heterocycles. The molecule has 0 aliphatic heterocycles. The highest BCUT2D eigenvalue weighted by Gasteiger charge is 2.32. The first-order valence-corrected chi connectivity index (χ1v) is 6.74. The zero-order valence-electron chi connectivity index (χ0n) is 10.5. The van der Waals surface area contributed by atoms with E-state index >= 15 is 0 Å². The molecule has 0 spiro atoms. The monoisotopic (exact) mass is 307 g/mol. The summed E-state index contributed by atoms with van der Waals surface area (Å²) >= 11 is 5.61. The minimum absolute atomic E-state index is 0.0732. The van der Waals surface area contributed by atoms with Gasteiger partial charge < -0.3 is 10.0 Å². The van der Waals surface area contributed by atoms with Gasteiger partial charge in [-0.1, -0.05) is 0 Å². The summed E-state index contributed by atoms with van der Waals surface area (Å²) in [4.78, 5) is 13.6. The summed E-state index contributed by atoms with van der Waals surface area (Å²) in [5, 5.41) is 9.15. The first kappa shape index (κ1) is 15.0. The van der Waals surface area contributed by atoms with E-state index in [2.05, 4.69) is 0 Å². The number of hydrogen-bond donors (Lipinski definition) is 1. The average Bonchev–Trinajstić information content (AvgIpc) is 2.37. The Morgan fingerprint density at radius 2 is 2.00 bits per heavy atom. The molecule has 0 bridgehead atoms. The molecule has 1 aromatic carbocycles. The van der Waals surface area contributed by atoms with Crippen molar-refractivity contribution in [1.82, 2.24) is 4.90 Å². The van der Waals surface area contributed by atoms with Gasteiger partial charge in [0.1, 0.15) is 0 Å². The largest absolute Gasteiger partial charge is 0.503 e. The van der Waals surface area contributed by atoms with Crippen LogP contribution in [0.5, 0.6) is 5.75 Å². The van der Waals surface area contributed by atoms with Gasteiger partial charge in [-0.3, -0.25) is 4.79 Å². The molecular weight excluding hydrogens is 295 g/mol. The molecule has 1 saturated carbocycles. The summed E-state index contributed by atoms with van der Waals surface area (Å²) < 4.78 is 40.0. The summed E-state index contributed by atoms with van der Waals surface area (Å²) in [7, 11) is 0. The number of aromatic hydroxyl groups is 1. The van der Waals surface area contributed by atoms with Crippen LogP contribution < -0.4 is 0 Å². The van der Waals surface area contributed by atoms with Gasteiger partial charge in [0.2, 0.25) is 5.82 Å². The molecule has 2 rings (SSSR count). The van der Waals surface area contributed by atoms with Gasteiger partial charge in [0.05, 0.1) is 5.56 Å². The van der Waals surface area contributed by atoms with Crippen LogP contribution in [0.4, 0.5) is 13.2 Å². The maximum atomic E-state index is 13.7. The number of nitrogens with zero attached hydrogens (tertiary/aromatic N) is 1. The lowest BCUT2D eigenvalue weighted by Gasteiger charge is -2.37. The van der Waals surface area contributed by atoms with Crippen molar-refractivity contribution in [2.75, 3.05) is 12.4 Å². The minimum atomic E-state index is -1.70. The van der Waals surface area contributed by atoms with Crippen molar-refractivity contribution in [2.24, 2.45) is 0 Å². The minimum Gasteiger partial charge on any atom is -0.503 e. The molecule has 0 atom stereocenters. The van der Waals surface area contributed by atoms with Gasteiger partial charge >= 0.3 is 0 Å². The molecule has 0 heterocycles. The number of rotatable bonds is 4. The highest BCUT2D eigenvalue weighted by Crippen LogP contribution is 2.30. The van der Waals surface area contributed by atoms with Crippen molar-refractivity contribution in [3.8, 4) is 5.75 Å². The van der Waals surface area contributed by atoms with Crippen LogP contribution in [-0.2, 0) is 0 Å². The SMILES string of the molecule is O=C(c1cc(F)c(F)c(O)c1F)N(CCCl)C1CCC1. The van der Waals surface area contributed by atoms with Crippen LogP contribution in [-0.4, -0.2) is 34.4 Å². The van der Waals surface area contributed by atoms with Gasteiger partial charge in [-0.2, -0.15) is 4.39 Å². The van der Waals surface area contributed by atoms with Crippen LogP contribution in [0.1, 0.15) is 29.6 Å². The van der Waals surface area contributed by atoms with Gasteiger partial charge in [-0.25, -0.2) is 8.78 Å². The van der Waals surface area contributed by atoms with E-state index in [0.29, 0.717) is 6.07 Å². The normalized spacial score (nSPS) is 15.0. The van der Waals surface area contributed by atoms with E-state index < -0.39 is 34.7 Å². The van der Waals surface area contributed by atoms with Crippen LogP contribution in [0.3, 0.4) is 0 Å². The average molecular weight is 308 g/mol.